The summed E-state index contributed by atoms with van der Waals surface area (Å²) in [5, 5.41) is 3.37. The fourth-order valence-corrected chi connectivity index (χ4v) is 2.64. The maximum atomic E-state index is 14.0. The number of hydrogen-bond acceptors (Lipinski definition) is 2. The average molecular weight is 308 g/mol. The lowest BCUT2D eigenvalue weighted by molar-refractivity contribution is 0.414. The monoisotopic (exact) mass is 307 g/mol. The van der Waals surface area contributed by atoms with Gasteiger partial charge in [-0.3, -0.25) is 0 Å². The van der Waals surface area contributed by atoms with E-state index in [4.69, 9.17) is 4.74 Å². The van der Waals surface area contributed by atoms with Gasteiger partial charge in [-0.2, -0.15) is 0 Å². The van der Waals surface area contributed by atoms with Crippen molar-refractivity contribution >= 4 is 12.4 Å². The zero-order chi connectivity index (χ0) is 14.2. The molecule has 0 spiro atoms. The maximum absolute atomic E-state index is 14.0. The van der Waals surface area contributed by atoms with Crippen LogP contribution >= 0.6 is 12.4 Å². The number of ether oxygens (including phenoxy) is 1. The Hall–Kier alpha value is -1.58. The van der Waals surface area contributed by atoms with Gasteiger partial charge in [0.2, 0.25) is 0 Å². The second kappa shape index (κ2) is 6.04. The summed E-state index contributed by atoms with van der Waals surface area (Å²) in [6, 6.07) is 12.9. The number of methoxy groups -OCH3 is 1. The molecule has 2 aromatic carbocycles. The van der Waals surface area contributed by atoms with E-state index in [0.29, 0.717) is 11.3 Å². The Bertz CT molecular complexity index is 640. The highest BCUT2D eigenvalue weighted by atomic mass is 35.5. The lowest BCUT2D eigenvalue weighted by Gasteiger charge is -2.16. The van der Waals surface area contributed by atoms with Gasteiger partial charge in [0.05, 0.1) is 7.11 Å². The molecule has 1 fully saturated rings. The van der Waals surface area contributed by atoms with Gasteiger partial charge in [0, 0.05) is 11.1 Å². The Kier molecular flexibility index (Phi) is 4.55. The van der Waals surface area contributed by atoms with Gasteiger partial charge < -0.3 is 10.1 Å². The Morgan fingerprint density at radius 1 is 1.14 bits per heavy atom. The van der Waals surface area contributed by atoms with Gasteiger partial charge in [-0.25, -0.2) is 4.39 Å². The third-order valence-corrected chi connectivity index (χ3v) is 4.13. The first-order valence-electron chi connectivity index (χ1n) is 6.82. The van der Waals surface area contributed by atoms with E-state index >= 15 is 0 Å². The molecular weight excluding hydrogens is 289 g/mol. The Labute approximate surface area is 130 Å². The second-order valence-electron chi connectivity index (χ2n) is 5.26. The fraction of sp³-hybridized carbons (Fsp3) is 0.294. The van der Waals surface area contributed by atoms with E-state index in [1.807, 2.05) is 19.2 Å². The summed E-state index contributed by atoms with van der Waals surface area (Å²) in [6.07, 6.45) is 2.26. The topological polar surface area (TPSA) is 21.3 Å². The van der Waals surface area contributed by atoms with Crippen molar-refractivity contribution < 1.29 is 9.13 Å². The van der Waals surface area contributed by atoms with Crippen molar-refractivity contribution in [2.24, 2.45) is 0 Å². The van der Waals surface area contributed by atoms with E-state index in [-0.39, 0.29) is 23.8 Å². The summed E-state index contributed by atoms with van der Waals surface area (Å²) in [7, 11) is 3.57. The predicted molar refractivity (Wildman–Crippen MR) is 85.6 cm³/mol. The van der Waals surface area contributed by atoms with Crippen molar-refractivity contribution in [1.82, 2.24) is 5.32 Å². The molecular formula is C17H19ClFNO. The Morgan fingerprint density at radius 2 is 1.90 bits per heavy atom. The zero-order valence-electron chi connectivity index (χ0n) is 12.2. The van der Waals surface area contributed by atoms with Gasteiger partial charge in [0.25, 0.3) is 0 Å². The first-order chi connectivity index (χ1) is 9.68. The van der Waals surface area contributed by atoms with Crippen LogP contribution in [-0.2, 0) is 5.54 Å². The second-order valence-corrected chi connectivity index (χ2v) is 5.26. The van der Waals surface area contributed by atoms with E-state index < -0.39 is 0 Å². The molecule has 3 rings (SSSR count). The average Bonchev–Trinajstić information content (AvgIpc) is 3.29. The number of halogens is 2. The molecule has 0 unspecified atom stereocenters. The summed E-state index contributed by atoms with van der Waals surface area (Å²) < 4.78 is 19.2. The molecule has 0 saturated heterocycles. The van der Waals surface area contributed by atoms with Crippen LogP contribution in [0.2, 0.25) is 0 Å². The Balaban J connectivity index is 0.00000161. The van der Waals surface area contributed by atoms with E-state index in [0.717, 1.165) is 18.4 Å². The van der Waals surface area contributed by atoms with Crippen molar-refractivity contribution in [3.63, 3.8) is 0 Å². The van der Waals surface area contributed by atoms with Crippen LogP contribution in [0, 0.1) is 5.82 Å². The Morgan fingerprint density at radius 3 is 2.52 bits per heavy atom. The molecule has 1 aliphatic carbocycles. The molecule has 0 bridgehead atoms. The largest absolute Gasteiger partial charge is 0.497 e. The van der Waals surface area contributed by atoms with E-state index in [2.05, 4.69) is 17.4 Å². The molecule has 1 N–H and O–H groups in total. The van der Waals surface area contributed by atoms with Gasteiger partial charge in [-0.1, -0.05) is 18.2 Å². The third kappa shape index (κ3) is 2.89. The molecule has 21 heavy (non-hydrogen) atoms. The highest BCUT2D eigenvalue weighted by Gasteiger charge is 2.42. The van der Waals surface area contributed by atoms with Gasteiger partial charge in [0.1, 0.15) is 11.6 Å². The number of nitrogens with one attached hydrogen (secondary N) is 1. The third-order valence-electron chi connectivity index (χ3n) is 4.13. The summed E-state index contributed by atoms with van der Waals surface area (Å²) in [6.45, 7) is 0. The minimum atomic E-state index is -0.225. The van der Waals surface area contributed by atoms with Crippen molar-refractivity contribution in [1.29, 1.82) is 0 Å². The minimum Gasteiger partial charge on any atom is -0.497 e. The van der Waals surface area contributed by atoms with Crippen LogP contribution in [0.3, 0.4) is 0 Å². The van der Waals surface area contributed by atoms with Crippen molar-refractivity contribution in [2.75, 3.05) is 14.2 Å². The highest BCUT2D eigenvalue weighted by molar-refractivity contribution is 5.85. The predicted octanol–water partition coefficient (Wildman–Crippen LogP) is 4.13. The van der Waals surface area contributed by atoms with Crippen LogP contribution in [0.5, 0.6) is 5.75 Å². The first kappa shape index (κ1) is 15.8. The normalized spacial score (nSPS) is 15.2. The van der Waals surface area contributed by atoms with Gasteiger partial charge in [-0.05, 0) is 55.3 Å². The lowest BCUT2D eigenvalue weighted by Crippen LogP contribution is -2.24. The van der Waals surface area contributed by atoms with Crippen LogP contribution in [0.1, 0.15) is 18.4 Å². The van der Waals surface area contributed by atoms with Crippen LogP contribution in [0.4, 0.5) is 4.39 Å². The molecule has 4 heteroatoms. The van der Waals surface area contributed by atoms with E-state index in [1.54, 1.807) is 19.2 Å². The summed E-state index contributed by atoms with van der Waals surface area (Å²) in [5.41, 5.74) is 2.78. The standard InChI is InChI=1S/C17H18FNO.ClH/c1-19-17(8-9-17)13-5-3-4-12(10-13)15-11-14(20-2)6-7-16(15)18;/h3-7,10-11,19H,8-9H2,1-2H3;1H. The van der Waals surface area contributed by atoms with Crippen molar-refractivity contribution in [3.8, 4) is 16.9 Å². The number of hydrogen-bond donors (Lipinski definition) is 1. The van der Waals surface area contributed by atoms with Crippen molar-refractivity contribution in [2.45, 2.75) is 18.4 Å². The number of rotatable bonds is 4. The molecule has 2 aromatic rings. The molecule has 0 aliphatic heterocycles. The van der Waals surface area contributed by atoms with Crippen LogP contribution in [-0.4, -0.2) is 14.2 Å². The highest BCUT2D eigenvalue weighted by Crippen LogP contribution is 2.46. The molecule has 0 amide bonds. The quantitative estimate of drug-likeness (QED) is 0.917. The van der Waals surface area contributed by atoms with Crippen LogP contribution < -0.4 is 10.1 Å². The molecule has 0 aromatic heterocycles. The minimum absolute atomic E-state index is 0. The molecule has 1 saturated carbocycles. The van der Waals surface area contributed by atoms with E-state index in [1.165, 1.54) is 11.6 Å². The van der Waals surface area contributed by atoms with Gasteiger partial charge >= 0.3 is 0 Å². The smallest absolute Gasteiger partial charge is 0.131 e. The van der Waals surface area contributed by atoms with Crippen molar-refractivity contribution in [3.05, 3.63) is 53.8 Å². The molecule has 2 nitrogen and oxygen atoms in total. The lowest BCUT2D eigenvalue weighted by atomic mass is 9.98. The zero-order valence-corrected chi connectivity index (χ0v) is 13.0. The first-order valence-corrected chi connectivity index (χ1v) is 6.82. The molecule has 0 heterocycles. The van der Waals surface area contributed by atoms with Gasteiger partial charge in [0.15, 0.2) is 0 Å². The van der Waals surface area contributed by atoms with Gasteiger partial charge in [-0.15, -0.1) is 12.4 Å². The van der Waals surface area contributed by atoms with Crippen LogP contribution in [0.15, 0.2) is 42.5 Å². The fourth-order valence-electron chi connectivity index (χ4n) is 2.64. The maximum Gasteiger partial charge on any atom is 0.131 e. The molecule has 112 valence electrons. The summed E-state index contributed by atoms with van der Waals surface area (Å²) >= 11 is 0. The number of benzene rings is 2. The van der Waals surface area contributed by atoms with Crippen LogP contribution in [0.25, 0.3) is 11.1 Å². The summed E-state index contributed by atoms with van der Waals surface area (Å²) in [5.74, 6) is 0.443. The molecule has 0 atom stereocenters. The van der Waals surface area contributed by atoms with E-state index in [9.17, 15) is 4.39 Å². The molecule has 0 radical (unpaired) electrons. The molecule has 1 aliphatic rings. The summed E-state index contributed by atoms with van der Waals surface area (Å²) in [4.78, 5) is 0. The SMILES string of the molecule is CNC1(c2cccc(-c3cc(OC)ccc3F)c2)CC1.Cl.